The van der Waals surface area contributed by atoms with Crippen LogP contribution in [0.2, 0.25) is 0 Å². The van der Waals surface area contributed by atoms with Gasteiger partial charge < -0.3 is 9.73 Å². The van der Waals surface area contributed by atoms with E-state index in [2.05, 4.69) is 15.5 Å². The van der Waals surface area contributed by atoms with Crippen LogP contribution in [0.3, 0.4) is 0 Å². The zero-order valence-electron chi connectivity index (χ0n) is 15.8. The molecule has 156 valence electrons. The minimum Gasteiger partial charge on any atom is -0.457 e. The van der Waals surface area contributed by atoms with Gasteiger partial charge in [0.15, 0.2) is 5.01 Å². The van der Waals surface area contributed by atoms with E-state index in [4.69, 9.17) is 16.0 Å². The molecule has 0 saturated carbocycles. The Hall–Kier alpha value is -3.36. The lowest BCUT2D eigenvalue weighted by atomic mass is 10.2. The van der Waals surface area contributed by atoms with Crippen LogP contribution in [0.4, 0.5) is 8.78 Å². The van der Waals surface area contributed by atoms with E-state index in [0.29, 0.717) is 16.5 Å². The van der Waals surface area contributed by atoms with Crippen LogP contribution in [0.5, 0.6) is 0 Å². The van der Waals surface area contributed by atoms with Crippen LogP contribution >= 0.6 is 22.9 Å². The van der Waals surface area contributed by atoms with Gasteiger partial charge >= 0.3 is 0 Å². The standard InChI is InChI=1S/C22H14ClF2N3O2S/c23-18(11-17-9-10-19(30-17)14-3-7-16(25)8-4-14)21-27-28-22(31-21)20(29)26-12-13-1-5-15(24)6-2-13/h1-11H,12H2,(H,26,29)/b18-11-. The first-order valence-electron chi connectivity index (χ1n) is 9.07. The second-order valence-electron chi connectivity index (χ2n) is 6.42. The largest absolute Gasteiger partial charge is 0.457 e. The van der Waals surface area contributed by atoms with Crippen LogP contribution in [-0.4, -0.2) is 16.1 Å². The third-order valence-electron chi connectivity index (χ3n) is 4.21. The predicted octanol–water partition coefficient (Wildman–Crippen LogP) is 5.74. The number of aromatic nitrogens is 2. The summed E-state index contributed by atoms with van der Waals surface area (Å²) in [6, 6.07) is 15.2. The highest BCUT2D eigenvalue weighted by atomic mass is 35.5. The van der Waals surface area contributed by atoms with Crippen LogP contribution in [0.1, 0.15) is 26.1 Å². The number of nitrogens with one attached hydrogen (secondary N) is 1. The van der Waals surface area contributed by atoms with Crippen molar-refractivity contribution in [2.75, 3.05) is 0 Å². The van der Waals surface area contributed by atoms with E-state index in [1.807, 2.05) is 0 Å². The van der Waals surface area contributed by atoms with Gasteiger partial charge in [-0.1, -0.05) is 35.1 Å². The molecule has 0 radical (unpaired) electrons. The maximum absolute atomic E-state index is 13.1. The van der Waals surface area contributed by atoms with Crippen LogP contribution < -0.4 is 5.32 Å². The van der Waals surface area contributed by atoms with Gasteiger partial charge in [0.05, 0.1) is 5.03 Å². The Kier molecular flexibility index (Phi) is 6.20. The number of carbonyl (C=O) groups is 1. The van der Waals surface area contributed by atoms with Crippen molar-refractivity contribution < 1.29 is 18.0 Å². The number of furan rings is 1. The molecule has 0 aliphatic heterocycles. The second-order valence-corrected chi connectivity index (χ2v) is 7.81. The number of halogens is 3. The van der Waals surface area contributed by atoms with Crippen molar-refractivity contribution >= 4 is 40.0 Å². The first-order valence-corrected chi connectivity index (χ1v) is 10.3. The summed E-state index contributed by atoms with van der Waals surface area (Å²) >= 11 is 7.35. The fraction of sp³-hybridized carbons (Fsp3) is 0.0455. The molecule has 0 atom stereocenters. The third kappa shape index (κ3) is 5.22. The number of amides is 1. The van der Waals surface area contributed by atoms with Gasteiger partial charge in [-0.15, -0.1) is 10.2 Å². The minimum atomic E-state index is -0.408. The van der Waals surface area contributed by atoms with Gasteiger partial charge in [0, 0.05) is 18.2 Å². The van der Waals surface area contributed by atoms with Gasteiger partial charge in [-0.05, 0) is 54.1 Å². The molecule has 0 spiro atoms. The molecule has 0 bridgehead atoms. The molecule has 1 amide bonds. The topological polar surface area (TPSA) is 68.0 Å². The average molecular weight is 458 g/mol. The lowest BCUT2D eigenvalue weighted by Gasteiger charge is -2.02. The lowest BCUT2D eigenvalue weighted by molar-refractivity contribution is 0.0950. The van der Waals surface area contributed by atoms with Gasteiger partial charge in [-0.25, -0.2) is 8.78 Å². The highest BCUT2D eigenvalue weighted by molar-refractivity contribution is 7.15. The van der Waals surface area contributed by atoms with E-state index in [-0.39, 0.29) is 28.2 Å². The Morgan fingerprint density at radius 1 is 0.968 bits per heavy atom. The number of benzene rings is 2. The van der Waals surface area contributed by atoms with Gasteiger partial charge in [0.25, 0.3) is 5.91 Å². The number of nitrogens with zero attached hydrogens (tertiary/aromatic N) is 2. The number of carbonyl (C=O) groups excluding carboxylic acids is 1. The molecule has 4 rings (SSSR count). The smallest absolute Gasteiger partial charge is 0.282 e. The highest BCUT2D eigenvalue weighted by Crippen LogP contribution is 2.28. The maximum Gasteiger partial charge on any atom is 0.282 e. The van der Waals surface area contributed by atoms with Crippen LogP contribution in [0, 0.1) is 11.6 Å². The molecule has 5 nitrogen and oxygen atoms in total. The van der Waals surface area contributed by atoms with Gasteiger partial charge in [-0.2, -0.15) is 0 Å². The molecule has 0 unspecified atom stereocenters. The van der Waals surface area contributed by atoms with E-state index in [1.54, 1.807) is 42.5 Å². The molecule has 2 heterocycles. The molecular formula is C22H14ClF2N3O2S. The molecule has 1 N–H and O–H groups in total. The molecule has 0 saturated heterocycles. The van der Waals surface area contributed by atoms with E-state index in [1.165, 1.54) is 24.3 Å². The van der Waals surface area contributed by atoms with Gasteiger partial charge in [0.1, 0.15) is 23.2 Å². The summed E-state index contributed by atoms with van der Waals surface area (Å²) < 4.78 is 31.7. The monoisotopic (exact) mass is 457 g/mol. The predicted molar refractivity (Wildman–Crippen MR) is 115 cm³/mol. The van der Waals surface area contributed by atoms with Gasteiger partial charge in [0.2, 0.25) is 5.01 Å². The van der Waals surface area contributed by atoms with Crippen LogP contribution in [0.25, 0.3) is 22.4 Å². The fourth-order valence-electron chi connectivity index (χ4n) is 2.66. The van der Waals surface area contributed by atoms with Crippen molar-refractivity contribution in [1.82, 2.24) is 15.5 Å². The summed E-state index contributed by atoms with van der Waals surface area (Å²) in [4.78, 5) is 12.3. The zero-order chi connectivity index (χ0) is 21.8. The molecule has 4 aromatic rings. The maximum atomic E-state index is 13.1. The first kappa shape index (κ1) is 20.9. The Balaban J connectivity index is 1.42. The molecule has 2 aromatic carbocycles. The Bertz CT molecular complexity index is 1230. The van der Waals surface area contributed by atoms with Crippen LogP contribution in [0.15, 0.2) is 65.1 Å². The molecule has 2 aromatic heterocycles. The summed E-state index contributed by atoms with van der Waals surface area (Å²) in [5, 5.41) is 11.3. The van der Waals surface area contributed by atoms with Crippen molar-refractivity contribution in [1.29, 1.82) is 0 Å². The summed E-state index contributed by atoms with van der Waals surface area (Å²) in [5.41, 5.74) is 1.49. The quantitative estimate of drug-likeness (QED) is 0.400. The van der Waals surface area contributed by atoms with E-state index in [0.717, 1.165) is 22.5 Å². The van der Waals surface area contributed by atoms with Crippen molar-refractivity contribution in [3.05, 3.63) is 93.6 Å². The molecule has 0 aliphatic rings. The molecule has 0 fully saturated rings. The number of rotatable bonds is 6. The summed E-state index contributed by atoms with van der Waals surface area (Å²) in [6.07, 6.45) is 1.56. The van der Waals surface area contributed by atoms with E-state index >= 15 is 0 Å². The number of hydrogen-bond donors (Lipinski definition) is 1. The Morgan fingerprint density at radius 3 is 2.32 bits per heavy atom. The average Bonchev–Trinajstić information content (AvgIpc) is 3.44. The summed E-state index contributed by atoms with van der Waals surface area (Å²) in [7, 11) is 0. The molecule has 0 aliphatic carbocycles. The lowest BCUT2D eigenvalue weighted by Crippen LogP contribution is -2.22. The fourth-order valence-corrected chi connectivity index (χ4v) is 3.59. The van der Waals surface area contributed by atoms with Crippen LogP contribution in [-0.2, 0) is 6.54 Å². The molecule has 31 heavy (non-hydrogen) atoms. The molecular weight excluding hydrogens is 444 g/mol. The van der Waals surface area contributed by atoms with E-state index in [9.17, 15) is 13.6 Å². The van der Waals surface area contributed by atoms with E-state index < -0.39 is 5.91 Å². The van der Waals surface area contributed by atoms with Crippen molar-refractivity contribution in [2.45, 2.75) is 6.54 Å². The zero-order valence-corrected chi connectivity index (χ0v) is 17.4. The summed E-state index contributed by atoms with van der Waals surface area (Å²) in [6.45, 7) is 0.232. The van der Waals surface area contributed by atoms with Crippen molar-refractivity contribution in [3.63, 3.8) is 0 Å². The van der Waals surface area contributed by atoms with Crippen molar-refractivity contribution in [2.24, 2.45) is 0 Å². The Labute approximate surface area is 185 Å². The normalized spacial score (nSPS) is 11.5. The first-order chi connectivity index (χ1) is 15.0. The summed E-state index contributed by atoms with van der Waals surface area (Å²) in [5.74, 6) is -0.0383. The minimum absolute atomic E-state index is 0.148. The van der Waals surface area contributed by atoms with Gasteiger partial charge in [-0.3, -0.25) is 4.79 Å². The molecule has 9 heteroatoms. The highest BCUT2D eigenvalue weighted by Gasteiger charge is 2.15. The third-order valence-corrected chi connectivity index (χ3v) is 5.57. The Morgan fingerprint density at radius 2 is 1.61 bits per heavy atom. The SMILES string of the molecule is O=C(NCc1ccc(F)cc1)c1nnc(/C(Cl)=C/c2ccc(-c3ccc(F)cc3)o2)s1. The van der Waals surface area contributed by atoms with Crippen molar-refractivity contribution in [3.8, 4) is 11.3 Å². The second kappa shape index (κ2) is 9.20. The number of hydrogen-bond acceptors (Lipinski definition) is 5.